The maximum atomic E-state index is 12.6. The van der Waals surface area contributed by atoms with Crippen molar-refractivity contribution in [3.05, 3.63) is 22.5 Å². The van der Waals surface area contributed by atoms with E-state index in [1.807, 2.05) is 0 Å². The summed E-state index contributed by atoms with van der Waals surface area (Å²) < 4.78 is 0. The molecule has 0 saturated carbocycles. The van der Waals surface area contributed by atoms with Crippen LogP contribution < -0.4 is 0 Å². The molecule has 114 valence electrons. The summed E-state index contributed by atoms with van der Waals surface area (Å²) in [4.78, 5) is 40.0. The van der Waals surface area contributed by atoms with Gasteiger partial charge in [-0.05, 0) is 39.2 Å². The molecule has 0 unspecified atom stereocenters. The van der Waals surface area contributed by atoms with Gasteiger partial charge < -0.3 is 15.0 Å². The number of aromatic nitrogens is 1. The number of nitrogens with zero attached hydrogens (tertiary/aromatic N) is 1. The molecule has 1 aliphatic rings. The van der Waals surface area contributed by atoms with Crippen molar-refractivity contribution in [1.29, 1.82) is 0 Å². The van der Waals surface area contributed by atoms with Crippen LogP contribution in [0.25, 0.3) is 0 Å². The number of carboxylic acid groups (broad SMARTS) is 1. The number of aliphatic carboxylic acids is 1. The Morgan fingerprint density at radius 3 is 2.43 bits per heavy atom. The standard InChI is InChI=1S/C15H20N2O4/c1-8-11-9(6-5-7-10(11)18)16-12(8)13(19)17(4)15(2,3)14(20)21/h16H,5-7H2,1-4H3,(H,20,21). The van der Waals surface area contributed by atoms with E-state index < -0.39 is 17.4 Å². The van der Waals surface area contributed by atoms with Crippen molar-refractivity contribution in [2.45, 2.75) is 45.6 Å². The molecule has 1 aromatic heterocycles. The molecule has 1 aliphatic carbocycles. The molecule has 2 rings (SSSR count). The number of hydrogen-bond donors (Lipinski definition) is 2. The van der Waals surface area contributed by atoms with Crippen LogP contribution in [0.1, 0.15) is 58.8 Å². The Morgan fingerprint density at radius 1 is 1.29 bits per heavy atom. The van der Waals surface area contributed by atoms with E-state index in [2.05, 4.69) is 4.98 Å². The summed E-state index contributed by atoms with van der Waals surface area (Å²) in [5.74, 6) is -1.45. The molecule has 0 aliphatic heterocycles. The van der Waals surface area contributed by atoms with Crippen molar-refractivity contribution in [3.8, 4) is 0 Å². The van der Waals surface area contributed by atoms with Crippen LogP contribution in [-0.4, -0.2) is 45.2 Å². The second kappa shape index (κ2) is 5.02. The van der Waals surface area contributed by atoms with Crippen molar-refractivity contribution >= 4 is 17.7 Å². The van der Waals surface area contributed by atoms with Gasteiger partial charge in [0.2, 0.25) is 0 Å². The topological polar surface area (TPSA) is 90.5 Å². The third-order valence-corrected chi connectivity index (χ3v) is 4.32. The number of aryl methyl sites for hydroxylation is 1. The van der Waals surface area contributed by atoms with E-state index in [9.17, 15) is 19.5 Å². The fourth-order valence-electron chi connectivity index (χ4n) is 2.55. The average molecular weight is 292 g/mol. The Bertz CT molecular complexity index is 628. The lowest BCUT2D eigenvalue weighted by Crippen LogP contribution is -2.51. The first-order valence-corrected chi connectivity index (χ1v) is 6.94. The van der Waals surface area contributed by atoms with Crippen LogP contribution >= 0.6 is 0 Å². The summed E-state index contributed by atoms with van der Waals surface area (Å²) in [7, 11) is 1.46. The van der Waals surface area contributed by atoms with Gasteiger partial charge in [-0.15, -0.1) is 0 Å². The molecule has 0 fully saturated rings. The number of amides is 1. The zero-order valence-corrected chi connectivity index (χ0v) is 12.7. The maximum Gasteiger partial charge on any atom is 0.329 e. The number of nitrogens with one attached hydrogen (secondary N) is 1. The second-order valence-corrected chi connectivity index (χ2v) is 5.98. The number of hydrogen-bond acceptors (Lipinski definition) is 3. The van der Waals surface area contributed by atoms with Crippen molar-refractivity contribution < 1.29 is 19.5 Å². The fourth-order valence-corrected chi connectivity index (χ4v) is 2.55. The quantitative estimate of drug-likeness (QED) is 0.888. The summed E-state index contributed by atoms with van der Waals surface area (Å²) in [6, 6.07) is 0. The van der Waals surface area contributed by atoms with Crippen LogP contribution in [0.4, 0.5) is 0 Å². The minimum Gasteiger partial charge on any atom is -0.480 e. The van der Waals surface area contributed by atoms with E-state index >= 15 is 0 Å². The lowest BCUT2D eigenvalue weighted by atomic mass is 9.93. The van der Waals surface area contributed by atoms with Gasteiger partial charge in [0, 0.05) is 24.7 Å². The van der Waals surface area contributed by atoms with E-state index in [0.29, 0.717) is 23.2 Å². The number of rotatable bonds is 3. The minimum atomic E-state index is -1.32. The number of aromatic amines is 1. The van der Waals surface area contributed by atoms with E-state index in [0.717, 1.165) is 18.5 Å². The number of H-pyrrole nitrogens is 1. The number of carboxylic acids is 1. The Hall–Kier alpha value is -2.11. The van der Waals surface area contributed by atoms with Gasteiger partial charge in [0.25, 0.3) is 5.91 Å². The highest BCUT2D eigenvalue weighted by atomic mass is 16.4. The van der Waals surface area contributed by atoms with Gasteiger partial charge in [0.05, 0.1) is 0 Å². The van der Waals surface area contributed by atoms with Crippen molar-refractivity contribution in [2.24, 2.45) is 0 Å². The molecule has 21 heavy (non-hydrogen) atoms. The van der Waals surface area contributed by atoms with Gasteiger partial charge in [-0.25, -0.2) is 4.79 Å². The molecular formula is C15H20N2O4. The lowest BCUT2D eigenvalue weighted by molar-refractivity contribution is -0.147. The molecule has 0 spiro atoms. The highest BCUT2D eigenvalue weighted by Gasteiger charge is 2.37. The molecule has 1 aromatic rings. The van der Waals surface area contributed by atoms with Crippen molar-refractivity contribution in [3.63, 3.8) is 0 Å². The smallest absolute Gasteiger partial charge is 0.329 e. The largest absolute Gasteiger partial charge is 0.480 e. The average Bonchev–Trinajstić information content (AvgIpc) is 2.75. The molecule has 0 aromatic carbocycles. The van der Waals surface area contributed by atoms with Gasteiger partial charge in [-0.3, -0.25) is 9.59 Å². The maximum absolute atomic E-state index is 12.6. The molecular weight excluding hydrogens is 272 g/mol. The molecule has 6 heteroatoms. The van der Waals surface area contributed by atoms with Crippen LogP contribution in [0.15, 0.2) is 0 Å². The first kappa shape index (κ1) is 15.3. The Balaban J connectivity index is 2.42. The zero-order chi connectivity index (χ0) is 15.9. The van der Waals surface area contributed by atoms with Crippen LogP contribution in [0.3, 0.4) is 0 Å². The SMILES string of the molecule is Cc1c(C(=O)N(C)C(C)(C)C(=O)O)[nH]c2c1C(=O)CCC2. The Kier molecular flexibility index (Phi) is 3.65. The van der Waals surface area contributed by atoms with Crippen molar-refractivity contribution in [2.75, 3.05) is 7.05 Å². The molecule has 0 bridgehead atoms. The summed E-state index contributed by atoms with van der Waals surface area (Å²) in [5.41, 5.74) is 0.999. The van der Waals surface area contributed by atoms with Crippen LogP contribution in [0.2, 0.25) is 0 Å². The second-order valence-electron chi connectivity index (χ2n) is 5.98. The van der Waals surface area contributed by atoms with Crippen molar-refractivity contribution in [1.82, 2.24) is 9.88 Å². The first-order valence-electron chi connectivity index (χ1n) is 6.94. The number of fused-ring (bicyclic) bond motifs is 1. The molecule has 1 amide bonds. The molecule has 1 heterocycles. The summed E-state index contributed by atoms with van der Waals surface area (Å²) in [6.07, 6.45) is 2.01. The summed E-state index contributed by atoms with van der Waals surface area (Å²) >= 11 is 0. The summed E-state index contributed by atoms with van der Waals surface area (Å²) in [5, 5.41) is 9.22. The Labute approximate surface area is 123 Å². The molecule has 0 atom stereocenters. The number of carbonyl (C=O) groups excluding carboxylic acids is 2. The highest BCUT2D eigenvalue weighted by Crippen LogP contribution is 2.28. The minimum absolute atomic E-state index is 0.0456. The summed E-state index contributed by atoms with van der Waals surface area (Å²) in [6.45, 7) is 4.67. The monoisotopic (exact) mass is 292 g/mol. The van der Waals surface area contributed by atoms with E-state index in [1.54, 1.807) is 6.92 Å². The third-order valence-electron chi connectivity index (χ3n) is 4.32. The molecule has 0 radical (unpaired) electrons. The van der Waals surface area contributed by atoms with Gasteiger partial charge in [0.15, 0.2) is 5.78 Å². The van der Waals surface area contributed by atoms with E-state index in [1.165, 1.54) is 25.8 Å². The lowest BCUT2D eigenvalue weighted by Gasteiger charge is -2.31. The van der Waals surface area contributed by atoms with E-state index in [-0.39, 0.29) is 5.78 Å². The molecule has 2 N–H and O–H groups in total. The number of Topliss-reactive ketones (excluding diaryl/α,β-unsaturated/α-hetero) is 1. The predicted octanol–water partition coefficient (Wildman–Crippen LogP) is 1.78. The molecule has 0 saturated heterocycles. The number of likely N-dealkylation sites (N-methyl/N-ethyl adjacent to an activating group) is 1. The normalized spacial score (nSPS) is 14.8. The van der Waals surface area contributed by atoms with Gasteiger partial charge in [-0.2, -0.15) is 0 Å². The fraction of sp³-hybridized carbons (Fsp3) is 0.533. The van der Waals surface area contributed by atoms with Gasteiger partial charge >= 0.3 is 5.97 Å². The van der Waals surface area contributed by atoms with Gasteiger partial charge in [0.1, 0.15) is 11.2 Å². The van der Waals surface area contributed by atoms with Crippen LogP contribution in [0.5, 0.6) is 0 Å². The number of ketones is 1. The first-order chi connectivity index (χ1) is 9.67. The van der Waals surface area contributed by atoms with Gasteiger partial charge in [-0.1, -0.05) is 0 Å². The third kappa shape index (κ3) is 2.34. The molecule has 6 nitrogen and oxygen atoms in total. The number of carbonyl (C=O) groups is 3. The zero-order valence-electron chi connectivity index (χ0n) is 12.7. The Morgan fingerprint density at radius 2 is 1.90 bits per heavy atom. The van der Waals surface area contributed by atoms with E-state index in [4.69, 9.17) is 0 Å². The predicted molar refractivity (Wildman–Crippen MR) is 76.6 cm³/mol. The van der Waals surface area contributed by atoms with Crippen LogP contribution in [0, 0.1) is 6.92 Å². The van der Waals surface area contributed by atoms with Crippen LogP contribution in [-0.2, 0) is 11.2 Å². The highest BCUT2D eigenvalue weighted by molar-refractivity contribution is 6.05.